The first-order valence-electron chi connectivity index (χ1n) is 9.56. The fourth-order valence-corrected chi connectivity index (χ4v) is 4.84. The Kier molecular flexibility index (Phi) is 4.91. The van der Waals surface area contributed by atoms with Crippen molar-refractivity contribution in [2.24, 2.45) is 0 Å². The van der Waals surface area contributed by atoms with E-state index in [0.717, 1.165) is 25.8 Å². The standard InChI is InChI=1S/C22H25F2NO2/c1-27-19-11-10-18(20(23)21(19)24)22(26)12-16-8-5-9-17(13-22)25(16)14-15-6-3-2-4-7-15/h2-4,6-7,10-11,16-17,26H,5,8-9,12-14H2,1H3. The number of methoxy groups -OCH3 is 1. The molecule has 2 aromatic carbocycles. The molecule has 4 rings (SSSR count). The fraction of sp³-hybridized carbons (Fsp3) is 0.455. The van der Waals surface area contributed by atoms with Crippen LogP contribution < -0.4 is 4.74 Å². The first-order valence-corrected chi connectivity index (χ1v) is 9.56. The number of benzene rings is 2. The SMILES string of the molecule is COc1ccc(C2(O)CC3CCCC(C2)N3Cc2ccccc2)c(F)c1F. The van der Waals surface area contributed by atoms with E-state index in [2.05, 4.69) is 17.0 Å². The Hall–Kier alpha value is -1.98. The van der Waals surface area contributed by atoms with Crippen molar-refractivity contribution in [1.82, 2.24) is 4.90 Å². The molecule has 0 radical (unpaired) electrons. The van der Waals surface area contributed by atoms with E-state index in [0.29, 0.717) is 12.8 Å². The minimum atomic E-state index is -1.35. The van der Waals surface area contributed by atoms with E-state index >= 15 is 0 Å². The molecule has 144 valence electrons. The minimum absolute atomic E-state index is 0.0528. The van der Waals surface area contributed by atoms with Crippen molar-refractivity contribution in [3.05, 3.63) is 65.2 Å². The van der Waals surface area contributed by atoms with Crippen molar-refractivity contribution in [2.75, 3.05) is 7.11 Å². The van der Waals surface area contributed by atoms with Gasteiger partial charge in [-0.15, -0.1) is 0 Å². The number of rotatable bonds is 4. The normalized spacial score (nSPS) is 28.1. The summed E-state index contributed by atoms with van der Waals surface area (Å²) in [6.07, 6.45) is 3.87. The zero-order chi connectivity index (χ0) is 19.0. The van der Waals surface area contributed by atoms with Crippen LogP contribution in [0.2, 0.25) is 0 Å². The zero-order valence-electron chi connectivity index (χ0n) is 15.5. The first-order chi connectivity index (χ1) is 13.0. The van der Waals surface area contributed by atoms with Gasteiger partial charge in [-0.25, -0.2) is 4.39 Å². The van der Waals surface area contributed by atoms with Gasteiger partial charge in [0, 0.05) is 24.2 Å². The fourth-order valence-electron chi connectivity index (χ4n) is 4.84. The van der Waals surface area contributed by atoms with Gasteiger partial charge in [0.1, 0.15) is 0 Å². The molecule has 3 nitrogen and oxygen atoms in total. The highest BCUT2D eigenvalue weighted by Crippen LogP contribution is 2.46. The van der Waals surface area contributed by atoms with Gasteiger partial charge in [0.25, 0.3) is 0 Å². The molecule has 0 aromatic heterocycles. The predicted octanol–water partition coefficient (Wildman–Crippen LogP) is 4.38. The summed E-state index contributed by atoms with van der Waals surface area (Å²) in [4.78, 5) is 2.44. The topological polar surface area (TPSA) is 32.7 Å². The largest absolute Gasteiger partial charge is 0.494 e. The van der Waals surface area contributed by atoms with Crippen molar-refractivity contribution in [2.45, 2.75) is 56.3 Å². The van der Waals surface area contributed by atoms with Gasteiger partial charge in [-0.1, -0.05) is 36.8 Å². The molecule has 2 aliphatic heterocycles. The van der Waals surface area contributed by atoms with Gasteiger partial charge < -0.3 is 9.84 Å². The minimum Gasteiger partial charge on any atom is -0.494 e. The Labute approximate surface area is 158 Å². The van der Waals surface area contributed by atoms with Gasteiger partial charge in [-0.3, -0.25) is 4.90 Å². The van der Waals surface area contributed by atoms with Crippen LogP contribution in [0.15, 0.2) is 42.5 Å². The van der Waals surface area contributed by atoms with Gasteiger partial charge in [-0.2, -0.15) is 4.39 Å². The maximum Gasteiger partial charge on any atom is 0.200 e. The zero-order valence-corrected chi connectivity index (χ0v) is 15.5. The molecular formula is C22H25F2NO2. The number of halogens is 2. The monoisotopic (exact) mass is 373 g/mol. The summed E-state index contributed by atoms with van der Waals surface area (Å²) in [5.41, 5.74) is -0.0567. The maximum atomic E-state index is 14.7. The highest BCUT2D eigenvalue weighted by atomic mass is 19.2. The van der Waals surface area contributed by atoms with E-state index in [9.17, 15) is 13.9 Å². The lowest BCUT2D eigenvalue weighted by Crippen LogP contribution is -2.56. The van der Waals surface area contributed by atoms with E-state index in [1.54, 1.807) is 0 Å². The molecule has 27 heavy (non-hydrogen) atoms. The number of hydrogen-bond donors (Lipinski definition) is 1. The summed E-state index contributed by atoms with van der Waals surface area (Å²) in [6.45, 7) is 0.825. The molecule has 2 saturated heterocycles. The number of hydrogen-bond acceptors (Lipinski definition) is 3. The molecule has 0 saturated carbocycles. The molecule has 2 fully saturated rings. The second-order valence-electron chi connectivity index (χ2n) is 7.78. The van der Waals surface area contributed by atoms with Gasteiger partial charge in [0.05, 0.1) is 12.7 Å². The van der Waals surface area contributed by atoms with Crippen LogP contribution in [0, 0.1) is 11.6 Å². The predicted molar refractivity (Wildman–Crippen MR) is 99.5 cm³/mol. The Morgan fingerprint density at radius 2 is 1.70 bits per heavy atom. The van der Waals surface area contributed by atoms with E-state index in [1.165, 1.54) is 24.8 Å². The molecule has 2 unspecified atom stereocenters. The summed E-state index contributed by atoms with van der Waals surface area (Å²) in [5.74, 6) is -2.16. The third kappa shape index (κ3) is 3.34. The van der Waals surface area contributed by atoms with E-state index < -0.39 is 17.2 Å². The smallest absolute Gasteiger partial charge is 0.200 e. The van der Waals surface area contributed by atoms with Crippen LogP contribution in [0.25, 0.3) is 0 Å². The molecule has 0 aliphatic carbocycles. The van der Waals surface area contributed by atoms with Crippen LogP contribution in [-0.2, 0) is 12.1 Å². The van der Waals surface area contributed by atoms with Crippen molar-refractivity contribution < 1.29 is 18.6 Å². The quantitative estimate of drug-likeness (QED) is 0.863. The van der Waals surface area contributed by atoms with Crippen LogP contribution in [0.3, 0.4) is 0 Å². The number of piperidine rings is 2. The Bertz CT molecular complexity index is 797. The van der Waals surface area contributed by atoms with Crippen LogP contribution in [0.4, 0.5) is 8.78 Å². The molecule has 2 heterocycles. The summed E-state index contributed by atoms with van der Waals surface area (Å²) in [7, 11) is 1.30. The van der Waals surface area contributed by atoms with Crippen molar-refractivity contribution in [3.63, 3.8) is 0 Å². The molecule has 1 N–H and O–H groups in total. The molecule has 0 amide bonds. The Morgan fingerprint density at radius 3 is 2.33 bits per heavy atom. The molecule has 5 heteroatoms. The summed E-state index contributed by atoms with van der Waals surface area (Å²) < 4.78 is 33.7. The van der Waals surface area contributed by atoms with Gasteiger partial charge in [0.15, 0.2) is 11.6 Å². The summed E-state index contributed by atoms with van der Waals surface area (Å²) in [6, 6.07) is 13.5. The van der Waals surface area contributed by atoms with Crippen LogP contribution in [0.5, 0.6) is 5.75 Å². The average Bonchev–Trinajstić information content (AvgIpc) is 2.65. The Morgan fingerprint density at radius 1 is 1.04 bits per heavy atom. The molecule has 2 bridgehead atoms. The van der Waals surface area contributed by atoms with Crippen LogP contribution in [0.1, 0.15) is 43.2 Å². The summed E-state index contributed by atoms with van der Waals surface area (Å²) >= 11 is 0. The first kappa shape index (κ1) is 18.4. The second-order valence-corrected chi connectivity index (χ2v) is 7.78. The number of nitrogens with zero attached hydrogens (tertiary/aromatic N) is 1. The van der Waals surface area contributed by atoms with Crippen molar-refractivity contribution in [1.29, 1.82) is 0 Å². The lowest BCUT2D eigenvalue weighted by atomic mass is 9.72. The van der Waals surface area contributed by atoms with E-state index in [-0.39, 0.29) is 23.4 Å². The molecule has 0 spiro atoms. The molecule has 2 aromatic rings. The van der Waals surface area contributed by atoms with Crippen molar-refractivity contribution in [3.8, 4) is 5.75 Å². The van der Waals surface area contributed by atoms with Crippen LogP contribution >= 0.6 is 0 Å². The molecule has 2 atom stereocenters. The van der Waals surface area contributed by atoms with E-state index in [1.807, 2.05) is 18.2 Å². The third-order valence-electron chi connectivity index (χ3n) is 6.14. The number of aliphatic hydroxyl groups is 1. The van der Waals surface area contributed by atoms with Crippen molar-refractivity contribution >= 4 is 0 Å². The van der Waals surface area contributed by atoms with Gasteiger partial charge >= 0.3 is 0 Å². The number of ether oxygens (including phenoxy) is 1. The molecule has 2 aliphatic rings. The maximum absolute atomic E-state index is 14.7. The lowest BCUT2D eigenvalue weighted by molar-refractivity contribution is -0.102. The number of fused-ring (bicyclic) bond motifs is 2. The third-order valence-corrected chi connectivity index (χ3v) is 6.14. The Balaban J connectivity index is 1.62. The highest BCUT2D eigenvalue weighted by Gasteiger charge is 2.47. The second kappa shape index (κ2) is 7.21. The molecular weight excluding hydrogens is 348 g/mol. The van der Waals surface area contributed by atoms with Gasteiger partial charge in [-0.05, 0) is 43.4 Å². The van der Waals surface area contributed by atoms with Crippen LogP contribution in [-0.4, -0.2) is 29.2 Å². The van der Waals surface area contributed by atoms with E-state index in [4.69, 9.17) is 4.74 Å². The van der Waals surface area contributed by atoms with Gasteiger partial charge in [0.2, 0.25) is 5.82 Å². The summed E-state index contributed by atoms with van der Waals surface area (Å²) in [5, 5.41) is 11.3. The highest BCUT2D eigenvalue weighted by molar-refractivity contribution is 5.35. The lowest BCUT2D eigenvalue weighted by Gasteiger charge is -2.52. The average molecular weight is 373 g/mol.